The van der Waals surface area contributed by atoms with Crippen molar-refractivity contribution in [1.29, 1.82) is 0 Å². The first kappa shape index (κ1) is 25.5. The lowest BCUT2D eigenvalue weighted by atomic mass is 10.00. The second-order valence-electron chi connectivity index (χ2n) is 9.75. The fraction of sp³-hybridized carbons (Fsp3) is 0.538. The molecule has 2 aromatic rings. The molecule has 0 unspecified atom stereocenters. The zero-order valence-electron chi connectivity index (χ0n) is 21.4. The van der Waals surface area contributed by atoms with E-state index >= 15 is 0 Å². The minimum atomic E-state index is -0.457. The van der Waals surface area contributed by atoms with Crippen LogP contribution in [-0.4, -0.2) is 75.9 Å². The largest absolute Gasteiger partial charge is 0.472 e. The minimum Gasteiger partial charge on any atom is -0.472 e. The maximum absolute atomic E-state index is 13.5. The Hall–Kier alpha value is -3.58. The van der Waals surface area contributed by atoms with E-state index in [0.717, 1.165) is 12.8 Å². The van der Waals surface area contributed by atoms with Crippen molar-refractivity contribution in [2.45, 2.75) is 52.7 Å². The lowest BCUT2D eigenvalue weighted by molar-refractivity contribution is 0.0356. The Morgan fingerprint density at radius 2 is 2.14 bits per heavy atom. The Balaban J connectivity index is 1.59. The second kappa shape index (κ2) is 10.6. The number of nitrogens with one attached hydrogen (secondary N) is 1. The molecule has 3 amide bonds. The number of anilines is 1. The van der Waals surface area contributed by atoms with E-state index in [1.807, 2.05) is 6.92 Å². The molecule has 0 radical (unpaired) electrons. The molecule has 2 aromatic heterocycles. The van der Waals surface area contributed by atoms with Crippen LogP contribution >= 0.6 is 0 Å². The van der Waals surface area contributed by atoms with Gasteiger partial charge in [0.25, 0.3) is 5.91 Å². The highest BCUT2D eigenvalue weighted by Gasteiger charge is 2.35. The van der Waals surface area contributed by atoms with Crippen LogP contribution in [0.3, 0.4) is 0 Å². The van der Waals surface area contributed by atoms with Crippen LogP contribution in [0.25, 0.3) is 0 Å². The van der Waals surface area contributed by atoms with Gasteiger partial charge in [-0.25, -0.2) is 9.78 Å². The number of ether oxygens (including phenoxy) is 1. The van der Waals surface area contributed by atoms with Gasteiger partial charge in [0, 0.05) is 37.2 Å². The van der Waals surface area contributed by atoms with Crippen molar-refractivity contribution in [3.63, 3.8) is 0 Å². The zero-order chi connectivity index (χ0) is 26.0. The number of amides is 3. The smallest absolute Gasteiger partial charge is 0.321 e. The summed E-state index contributed by atoms with van der Waals surface area (Å²) in [6, 6.07) is 0.976. The molecule has 1 aliphatic carbocycles. The van der Waals surface area contributed by atoms with E-state index in [0.29, 0.717) is 40.7 Å². The van der Waals surface area contributed by atoms with E-state index in [4.69, 9.17) is 9.26 Å². The predicted octanol–water partition coefficient (Wildman–Crippen LogP) is 2.83. The number of hydrogen-bond acceptors (Lipinski definition) is 7. The molecule has 1 fully saturated rings. The molecule has 2 aliphatic rings. The molecule has 10 nitrogen and oxygen atoms in total. The SMILES string of the molecule is Cc1noc(C)c1NC(=O)N(C)C[C@H]1Oc2ncc(C#CC3CC3)cc2C(=O)N([C@H](C)CO)C[C@H]1C. The lowest BCUT2D eigenvalue weighted by Gasteiger charge is -2.37. The van der Waals surface area contributed by atoms with Gasteiger partial charge < -0.3 is 29.5 Å². The van der Waals surface area contributed by atoms with E-state index in [1.54, 1.807) is 45.0 Å². The number of aliphatic hydroxyl groups excluding tert-OH is 1. The summed E-state index contributed by atoms with van der Waals surface area (Å²) in [5.41, 5.74) is 2.09. The highest BCUT2D eigenvalue weighted by Crippen LogP contribution is 2.29. The monoisotopic (exact) mass is 495 g/mol. The number of carbonyl (C=O) groups excluding carboxylic acids is 2. The molecule has 0 aromatic carbocycles. The standard InChI is InChI=1S/C26H33N5O5/c1-15-12-31(16(2)14-32)25(33)21-10-20(9-8-19-6-7-19)11-27-24(21)35-22(15)13-30(5)26(34)28-23-17(3)29-36-18(23)4/h10-11,15-16,19,22,32H,6-7,12-14H2,1-5H3,(H,28,34)/t15-,16-,22-/m1/s1. The summed E-state index contributed by atoms with van der Waals surface area (Å²) in [5.74, 6) is 7.02. The number of fused-ring (bicyclic) bond motifs is 1. The minimum absolute atomic E-state index is 0.151. The van der Waals surface area contributed by atoms with Gasteiger partial charge in [0.15, 0.2) is 5.76 Å². The Bertz CT molecular complexity index is 1180. The van der Waals surface area contributed by atoms with Gasteiger partial charge in [-0.2, -0.15) is 0 Å². The molecular formula is C26H33N5O5. The number of aliphatic hydroxyl groups is 1. The molecule has 1 saturated carbocycles. The first-order valence-corrected chi connectivity index (χ1v) is 12.2. The first-order chi connectivity index (χ1) is 17.2. The number of hydrogen-bond donors (Lipinski definition) is 2. The number of rotatable bonds is 5. The number of pyridine rings is 1. The second-order valence-corrected chi connectivity index (χ2v) is 9.75. The van der Waals surface area contributed by atoms with Crippen LogP contribution in [0.5, 0.6) is 5.88 Å². The topological polar surface area (TPSA) is 121 Å². The average molecular weight is 496 g/mol. The molecule has 2 N–H and O–H groups in total. The third-order valence-corrected chi connectivity index (χ3v) is 6.58. The van der Waals surface area contributed by atoms with E-state index in [-0.39, 0.29) is 36.9 Å². The quantitative estimate of drug-likeness (QED) is 0.612. The summed E-state index contributed by atoms with van der Waals surface area (Å²) >= 11 is 0. The van der Waals surface area contributed by atoms with Crippen molar-refractivity contribution in [3.05, 3.63) is 34.8 Å². The molecule has 0 saturated heterocycles. The normalized spacial score (nSPS) is 20.3. The number of urea groups is 1. The van der Waals surface area contributed by atoms with Crippen LogP contribution < -0.4 is 10.1 Å². The summed E-state index contributed by atoms with van der Waals surface area (Å²) in [5, 5.41) is 16.5. The molecule has 192 valence electrons. The summed E-state index contributed by atoms with van der Waals surface area (Å²) in [7, 11) is 1.67. The zero-order valence-corrected chi connectivity index (χ0v) is 21.4. The number of aromatic nitrogens is 2. The molecule has 10 heteroatoms. The third-order valence-electron chi connectivity index (χ3n) is 6.58. The van der Waals surface area contributed by atoms with Crippen LogP contribution in [-0.2, 0) is 0 Å². The summed E-state index contributed by atoms with van der Waals surface area (Å²) in [6.07, 6.45) is 3.36. The van der Waals surface area contributed by atoms with Crippen molar-refractivity contribution in [2.75, 3.05) is 32.1 Å². The van der Waals surface area contributed by atoms with Crippen LogP contribution in [0, 0.1) is 37.5 Å². The van der Waals surface area contributed by atoms with E-state index in [1.165, 1.54) is 4.90 Å². The van der Waals surface area contributed by atoms with E-state index in [9.17, 15) is 14.7 Å². The summed E-state index contributed by atoms with van der Waals surface area (Å²) in [6.45, 7) is 7.66. The highest BCUT2D eigenvalue weighted by molar-refractivity contribution is 5.97. The lowest BCUT2D eigenvalue weighted by Crippen LogP contribution is -2.50. The Labute approximate surface area is 211 Å². The number of nitrogens with zero attached hydrogens (tertiary/aromatic N) is 4. The fourth-order valence-electron chi connectivity index (χ4n) is 4.02. The van der Waals surface area contributed by atoms with Gasteiger partial charge in [-0.3, -0.25) is 4.79 Å². The van der Waals surface area contributed by atoms with Crippen LogP contribution in [0.2, 0.25) is 0 Å². The van der Waals surface area contributed by atoms with Crippen LogP contribution in [0.15, 0.2) is 16.8 Å². The van der Waals surface area contributed by atoms with E-state index < -0.39 is 12.1 Å². The maximum atomic E-state index is 13.5. The molecule has 3 atom stereocenters. The van der Waals surface area contributed by atoms with Gasteiger partial charge in [-0.1, -0.05) is 23.9 Å². The predicted molar refractivity (Wildman–Crippen MR) is 133 cm³/mol. The molecular weight excluding hydrogens is 462 g/mol. The maximum Gasteiger partial charge on any atom is 0.321 e. The van der Waals surface area contributed by atoms with Gasteiger partial charge in [-0.05, 0) is 39.7 Å². The van der Waals surface area contributed by atoms with Crippen molar-refractivity contribution in [3.8, 4) is 17.7 Å². The van der Waals surface area contributed by atoms with Crippen LogP contribution in [0.1, 0.15) is 54.1 Å². The van der Waals surface area contributed by atoms with Crippen molar-refractivity contribution in [1.82, 2.24) is 19.9 Å². The van der Waals surface area contributed by atoms with Gasteiger partial charge >= 0.3 is 6.03 Å². The number of carbonyl (C=O) groups is 2. The summed E-state index contributed by atoms with van der Waals surface area (Å²) < 4.78 is 11.4. The first-order valence-electron chi connectivity index (χ1n) is 12.2. The number of aryl methyl sites for hydroxylation is 2. The van der Waals surface area contributed by atoms with Gasteiger partial charge in [0.1, 0.15) is 23.0 Å². The molecule has 1 aliphatic heterocycles. The van der Waals surface area contributed by atoms with Gasteiger partial charge in [0.05, 0.1) is 19.2 Å². The molecule has 4 rings (SSSR count). The van der Waals surface area contributed by atoms with E-state index in [2.05, 4.69) is 27.3 Å². The average Bonchev–Trinajstić information content (AvgIpc) is 3.65. The Kier molecular flexibility index (Phi) is 7.50. The molecule has 36 heavy (non-hydrogen) atoms. The van der Waals surface area contributed by atoms with Crippen molar-refractivity contribution < 1.29 is 24.0 Å². The highest BCUT2D eigenvalue weighted by atomic mass is 16.5. The fourth-order valence-corrected chi connectivity index (χ4v) is 4.02. The number of likely N-dealkylation sites (N-methyl/N-ethyl adjacent to an activating group) is 1. The Morgan fingerprint density at radius 1 is 1.39 bits per heavy atom. The molecule has 0 spiro atoms. The van der Waals surface area contributed by atoms with Crippen molar-refractivity contribution in [2.24, 2.45) is 11.8 Å². The third kappa shape index (κ3) is 5.62. The van der Waals surface area contributed by atoms with Gasteiger partial charge in [0.2, 0.25) is 5.88 Å². The Morgan fingerprint density at radius 3 is 2.78 bits per heavy atom. The summed E-state index contributed by atoms with van der Waals surface area (Å²) in [4.78, 5) is 34.0. The van der Waals surface area contributed by atoms with Gasteiger partial charge in [-0.15, -0.1) is 0 Å². The van der Waals surface area contributed by atoms with Crippen molar-refractivity contribution >= 4 is 17.6 Å². The molecule has 0 bridgehead atoms. The van der Waals surface area contributed by atoms with Crippen LogP contribution in [0.4, 0.5) is 10.5 Å². The molecule has 3 heterocycles.